The van der Waals surface area contributed by atoms with Gasteiger partial charge in [0.05, 0.1) is 4.92 Å². The van der Waals surface area contributed by atoms with Gasteiger partial charge in [0.1, 0.15) is 10.6 Å². The Balaban J connectivity index is 1.78. The first kappa shape index (κ1) is 15.2. The summed E-state index contributed by atoms with van der Waals surface area (Å²) in [7, 11) is 0. The van der Waals surface area contributed by atoms with Gasteiger partial charge in [-0.3, -0.25) is 14.9 Å². The van der Waals surface area contributed by atoms with Crippen LogP contribution in [0.25, 0.3) is 0 Å². The van der Waals surface area contributed by atoms with Gasteiger partial charge < -0.3 is 10.2 Å². The van der Waals surface area contributed by atoms with Crippen molar-refractivity contribution in [3.05, 3.63) is 38.9 Å². The number of amides is 1. The fourth-order valence-corrected chi connectivity index (χ4v) is 3.69. The fraction of sp³-hybridized carbons (Fsp3) is 0.533. The Morgan fingerprint density at radius 1 is 1.32 bits per heavy atom. The molecule has 2 heterocycles. The molecule has 1 N–H and O–H groups in total. The first-order valence-electron chi connectivity index (χ1n) is 7.45. The number of likely N-dealkylation sites (tertiary alicyclic amines) is 1. The van der Waals surface area contributed by atoms with Crippen LogP contribution in [0.4, 0.5) is 5.69 Å². The quantitative estimate of drug-likeness (QED) is 0.670. The number of benzene rings is 1. The van der Waals surface area contributed by atoms with Gasteiger partial charge in [0.2, 0.25) is 0 Å². The SMILES string of the molecule is O=C(c1cccc(Cl)c1[N+](=O)[O-])N1CCC2(CCNC2)CC1. The van der Waals surface area contributed by atoms with Crippen LogP contribution >= 0.6 is 11.6 Å². The third-order valence-corrected chi connectivity index (χ3v) is 5.15. The lowest BCUT2D eigenvalue weighted by atomic mass is 9.78. The molecule has 2 aliphatic rings. The van der Waals surface area contributed by atoms with Gasteiger partial charge in [0.25, 0.3) is 5.91 Å². The number of nitro benzene ring substituents is 1. The third-order valence-electron chi connectivity index (χ3n) is 4.84. The molecule has 1 aromatic carbocycles. The first-order valence-corrected chi connectivity index (χ1v) is 7.83. The molecule has 2 saturated heterocycles. The maximum atomic E-state index is 12.6. The van der Waals surface area contributed by atoms with Crippen molar-refractivity contribution in [2.45, 2.75) is 19.3 Å². The molecule has 1 amide bonds. The number of nitro groups is 1. The second kappa shape index (κ2) is 5.85. The van der Waals surface area contributed by atoms with Gasteiger partial charge in [-0.2, -0.15) is 0 Å². The molecule has 2 aliphatic heterocycles. The monoisotopic (exact) mass is 323 g/mol. The van der Waals surface area contributed by atoms with E-state index in [1.54, 1.807) is 11.0 Å². The summed E-state index contributed by atoms with van der Waals surface area (Å²) in [6.45, 7) is 3.33. The molecule has 0 radical (unpaired) electrons. The fourth-order valence-electron chi connectivity index (χ4n) is 3.45. The molecule has 6 nitrogen and oxygen atoms in total. The average Bonchev–Trinajstić information content (AvgIpc) is 2.95. The minimum absolute atomic E-state index is 0.00400. The first-order chi connectivity index (χ1) is 10.5. The summed E-state index contributed by atoms with van der Waals surface area (Å²) in [5.74, 6) is -0.296. The van der Waals surface area contributed by atoms with Crippen molar-refractivity contribution in [2.24, 2.45) is 5.41 Å². The standard InChI is InChI=1S/C15H18ClN3O3/c16-12-3-1-2-11(13(12)19(21)22)14(20)18-8-5-15(6-9-18)4-7-17-10-15/h1-3,17H,4-10H2. The highest BCUT2D eigenvalue weighted by molar-refractivity contribution is 6.33. The predicted molar refractivity (Wildman–Crippen MR) is 83.2 cm³/mol. The Bertz CT molecular complexity index is 604. The number of rotatable bonds is 2. The van der Waals surface area contributed by atoms with Crippen LogP contribution in [-0.2, 0) is 0 Å². The topological polar surface area (TPSA) is 75.5 Å². The van der Waals surface area contributed by atoms with E-state index >= 15 is 0 Å². The van der Waals surface area contributed by atoms with E-state index < -0.39 is 4.92 Å². The molecule has 3 rings (SSSR count). The van der Waals surface area contributed by atoms with Crippen LogP contribution in [0.5, 0.6) is 0 Å². The van der Waals surface area contributed by atoms with E-state index in [-0.39, 0.29) is 22.2 Å². The number of nitrogens with one attached hydrogen (secondary N) is 1. The molecular weight excluding hydrogens is 306 g/mol. The summed E-state index contributed by atoms with van der Waals surface area (Å²) in [6, 6.07) is 4.49. The Morgan fingerprint density at radius 2 is 2.05 bits per heavy atom. The van der Waals surface area contributed by atoms with Gasteiger partial charge in [0.15, 0.2) is 0 Å². The van der Waals surface area contributed by atoms with Crippen molar-refractivity contribution in [2.75, 3.05) is 26.2 Å². The lowest BCUT2D eigenvalue weighted by Crippen LogP contribution is -2.44. The summed E-state index contributed by atoms with van der Waals surface area (Å²) in [6.07, 6.45) is 3.03. The van der Waals surface area contributed by atoms with Crippen molar-refractivity contribution in [3.8, 4) is 0 Å². The summed E-state index contributed by atoms with van der Waals surface area (Å²) < 4.78 is 0. The highest BCUT2D eigenvalue weighted by atomic mass is 35.5. The van der Waals surface area contributed by atoms with Crippen molar-refractivity contribution in [3.63, 3.8) is 0 Å². The normalized spacial score (nSPS) is 20.3. The number of hydrogen-bond donors (Lipinski definition) is 1. The summed E-state index contributed by atoms with van der Waals surface area (Å²) >= 11 is 5.89. The lowest BCUT2D eigenvalue weighted by Gasteiger charge is -2.38. The third kappa shape index (κ3) is 2.68. The molecular formula is C15H18ClN3O3. The number of halogens is 1. The molecule has 1 aromatic rings. The van der Waals surface area contributed by atoms with E-state index in [0.717, 1.165) is 32.4 Å². The van der Waals surface area contributed by atoms with Gasteiger partial charge in [-0.1, -0.05) is 17.7 Å². The van der Waals surface area contributed by atoms with Crippen molar-refractivity contribution < 1.29 is 9.72 Å². The number of piperidine rings is 1. The van der Waals surface area contributed by atoms with E-state index in [0.29, 0.717) is 18.5 Å². The van der Waals surface area contributed by atoms with E-state index in [1.807, 2.05) is 0 Å². The summed E-state index contributed by atoms with van der Waals surface area (Å²) in [5, 5.41) is 14.6. The van der Waals surface area contributed by atoms with Crippen molar-refractivity contribution in [1.29, 1.82) is 0 Å². The zero-order valence-corrected chi connectivity index (χ0v) is 12.9. The number of nitrogens with zero attached hydrogens (tertiary/aromatic N) is 2. The maximum Gasteiger partial charge on any atom is 0.300 e. The van der Waals surface area contributed by atoms with E-state index in [2.05, 4.69) is 5.32 Å². The number of para-hydroxylation sites is 1. The summed E-state index contributed by atoms with van der Waals surface area (Å²) in [4.78, 5) is 24.9. The van der Waals surface area contributed by atoms with Gasteiger partial charge in [-0.25, -0.2) is 0 Å². The molecule has 1 spiro atoms. The minimum Gasteiger partial charge on any atom is -0.338 e. The van der Waals surface area contributed by atoms with E-state index in [1.165, 1.54) is 12.1 Å². The van der Waals surface area contributed by atoms with Gasteiger partial charge in [-0.15, -0.1) is 0 Å². The van der Waals surface area contributed by atoms with Gasteiger partial charge >= 0.3 is 5.69 Å². The minimum atomic E-state index is -0.581. The molecule has 22 heavy (non-hydrogen) atoms. The Hall–Kier alpha value is -1.66. The summed E-state index contributed by atoms with van der Waals surface area (Å²) in [5.41, 5.74) is 0.0896. The van der Waals surface area contributed by atoms with E-state index in [4.69, 9.17) is 11.6 Å². The zero-order valence-electron chi connectivity index (χ0n) is 12.2. The molecule has 0 unspecified atom stereocenters. The number of carbonyl (C=O) groups excluding carboxylic acids is 1. The zero-order chi connectivity index (χ0) is 15.7. The Kier molecular flexibility index (Phi) is 4.06. The molecule has 2 fully saturated rings. The van der Waals surface area contributed by atoms with Crippen molar-refractivity contribution in [1.82, 2.24) is 10.2 Å². The lowest BCUT2D eigenvalue weighted by molar-refractivity contribution is -0.385. The molecule has 7 heteroatoms. The molecule has 0 aliphatic carbocycles. The maximum absolute atomic E-state index is 12.6. The van der Waals surface area contributed by atoms with Crippen LogP contribution in [0.3, 0.4) is 0 Å². The van der Waals surface area contributed by atoms with E-state index in [9.17, 15) is 14.9 Å². The second-order valence-electron chi connectivity index (χ2n) is 6.11. The molecule has 0 saturated carbocycles. The Labute approximate surface area is 133 Å². The number of hydrogen-bond acceptors (Lipinski definition) is 4. The highest BCUT2D eigenvalue weighted by Crippen LogP contribution is 2.38. The van der Waals surface area contributed by atoms with Gasteiger partial charge in [0, 0.05) is 19.6 Å². The number of carbonyl (C=O) groups is 1. The Morgan fingerprint density at radius 3 is 2.64 bits per heavy atom. The van der Waals surface area contributed by atoms with Gasteiger partial charge in [-0.05, 0) is 43.4 Å². The second-order valence-corrected chi connectivity index (χ2v) is 6.52. The predicted octanol–water partition coefficient (Wildman–Crippen LogP) is 2.46. The van der Waals surface area contributed by atoms with Crippen LogP contribution in [0.15, 0.2) is 18.2 Å². The molecule has 118 valence electrons. The van der Waals surface area contributed by atoms with Crippen LogP contribution in [0, 0.1) is 15.5 Å². The highest BCUT2D eigenvalue weighted by Gasteiger charge is 2.39. The van der Waals surface area contributed by atoms with Crippen LogP contribution in [0.1, 0.15) is 29.6 Å². The average molecular weight is 324 g/mol. The molecule has 0 bridgehead atoms. The van der Waals surface area contributed by atoms with Crippen molar-refractivity contribution >= 4 is 23.2 Å². The molecule has 0 aromatic heterocycles. The van der Waals surface area contributed by atoms with Crippen LogP contribution in [0.2, 0.25) is 5.02 Å². The largest absolute Gasteiger partial charge is 0.338 e. The smallest absolute Gasteiger partial charge is 0.300 e. The van der Waals surface area contributed by atoms with Crippen LogP contribution in [-0.4, -0.2) is 41.9 Å². The molecule has 0 atom stereocenters. The van der Waals surface area contributed by atoms with Crippen LogP contribution < -0.4 is 5.32 Å².